The monoisotopic (exact) mass is 394 g/mol. The Bertz CT molecular complexity index is 589. The van der Waals surface area contributed by atoms with Crippen LogP contribution in [0.15, 0.2) is 0 Å². The molecule has 1 unspecified atom stereocenters. The molecule has 0 aromatic heterocycles. The largest absolute Gasteiger partial charge is 0.444 e. The van der Waals surface area contributed by atoms with E-state index in [2.05, 4.69) is 5.32 Å². The van der Waals surface area contributed by atoms with Crippen LogP contribution >= 0.6 is 0 Å². The van der Waals surface area contributed by atoms with E-state index in [0.29, 0.717) is 12.8 Å². The third-order valence-electron chi connectivity index (χ3n) is 3.73. The van der Waals surface area contributed by atoms with Crippen LogP contribution in [0, 0.1) is 0 Å². The summed E-state index contributed by atoms with van der Waals surface area (Å²) in [4.78, 5) is 23.3. The van der Waals surface area contributed by atoms with Gasteiger partial charge in [0.2, 0.25) is 0 Å². The van der Waals surface area contributed by atoms with Crippen LogP contribution in [0.25, 0.3) is 0 Å². The Labute approximate surface area is 155 Å². The van der Waals surface area contributed by atoms with Crippen molar-refractivity contribution in [3.63, 3.8) is 0 Å². The van der Waals surface area contributed by atoms with Crippen molar-refractivity contribution >= 4 is 22.2 Å². The molecule has 1 atom stereocenters. The molecule has 0 aromatic carbocycles. The number of amides is 2. The van der Waals surface area contributed by atoms with E-state index < -0.39 is 34.4 Å². The number of nitrogens with zero attached hydrogens (tertiary/aromatic N) is 2. The SMILES string of the molecule is CCCCN(CC(=O)NO)S(=O)(=O)N1CCC(NC(=O)OC(C)(C)C)C1. The average molecular weight is 394 g/mol. The van der Waals surface area contributed by atoms with Crippen molar-refractivity contribution in [3.05, 3.63) is 0 Å². The molecule has 1 fully saturated rings. The van der Waals surface area contributed by atoms with Crippen LogP contribution in [0.4, 0.5) is 4.79 Å². The van der Waals surface area contributed by atoms with Crippen molar-refractivity contribution in [2.24, 2.45) is 0 Å². The Balaban J connectivity index is 2.73. The summed E-state index contributed by atoms with van der Waals surface area (Å²) in [6.07, 6.45) is 1.21. The van der Waals surface area contributed by atoms with Gasteiger partial charge in [-0.15, -0.1) is 0 Å². The lowest BCUT2D eigenvalue weighted by molar-refractivity contribution is -0.129. The number of ether oxygens (including phenoxy) is 1. The highest BCUT2D eigenvalue weighted by Crippen LogP contribution is 2.18. The zero-order valence-electron chi connectivity index (χ0n) is 15.8. The normalized spacial score (nSPS) is 18.8. The minimum Gasteiger partial charge on any atom is -0.444 e. The Morgan fingerprint density at radius 1 is 1.35 bits per heavy atom. The second-order valence-electron chi connectivity index (χ2n) is 7.22. The second kappa shape index (κ2) is 9.49. The van der Waals surface area contributed by atoms with Crippen molar-refractivity contribution in [3.8, 4) is 0 Å². The lowest BCUT2D eigenvalue weighted by Gasteiger charge is -2.27. The molecular formula is C15H30N4O6S. The van der Waals surface area contributed by atoms with Gasteiger partial charge in [0.05, 0.1) is 6.54 Å². The molecule has 3 N–H and O–H groups in total. The van der Waals surface area contributed by atoms with Gasteiger partial charge in [-0.25, -0.2) is 10.3 Å². The van der Waals surface area contributed by atoms with Crippen molar-refractivity contribution < 1.29 is 28.0 Å². The first-order chi connectivity index (χ1) is 12.0. The molecule has 11 heteroatoms. The van der Waals surface area contributed by atoms with Crippen molar-refractivity contribution in [2.75, 3.05) is 26.2 Å². The van der Waals surface area contributed by atoms with E-state index in [4.69, 9.17) is 9.94 Å². The molecule has 1 saturated heterocycles. The van der Waals surface area contributed by atoms with E-state index in [1.165, 1.54) is 9.79 Å². The molecule has 10 nitrogen and oxygen atoms in total. The molecule has 0 aromatic rings. The van der Waals surface area contributed by atoms with Crippen LogP contribution in [-0.4, -0.2) is 72.1 Å². The zero-order chi connectivity index (χ0) is 20.0. The van der Waals surface area contributed by atoms with Crippen LogP contribution in [0.1, 0.15) is 47.0 Å². The Kier molecular flexibility index (Phi) is 8.25. The Morgan fingerprint density at radius 3 is 2.54 bits per heavy atom. The average Bonchev–Trinajstić information content (AvgIpc) is 2.98. The predicted molar refractivity (Wildman–Crippen MR) is 94.7 cm³/mol. The van der Waals surface area contributed by atoms with Gasteiger partial charge in [0.25, 0.3) is 16.1 Å². The van der Waals surface area contributed by atoms with Gasteiger partial charge >= 0.3 is 6.09 Å². The molecule has 2 amide bonds. The molecule has 0 radical (unpaired) electrons. The van der Waals surface area contributed by atoms with Gasteiger partial charge < -0.3 is 10.1 Å². The number of alkyl carbamates (subject to hydrolysis) is 1. The van der Waals surface area contributed by atoms with Crippen LogP contribution in [-0.2, 0) is 19.7 Å². The first kappa shape index (κ1) is 22.6. The lowest BCUT2D eigenvalue weighted by atomic mass is 10.2. The van der Waals surface area contributed by atoms with Crippen molar-refractivity contribution in [1.82, 2.24) is 19.4 Å². The highest BCUT2D eigenvalue weighted by molar-refractivity contribution is 7.86. The number of carbonyl (C=O) groups excluding carboxylic acids is 2. The van der Waals surface area contributed by atoms with Crippen LogP contribution in [0.5, 0.6) is 0 Å². The molecule has 152 valence electrons. The Hall–Kier alpha value is -1.43. The van der Waals surface area contributed by atoms with Crippen LogP contribution in [0.2, 0.25) is 0 Å². The second-order valence-corrected chi connectivity index (χ2v) is 9.15. The molecule has 0 saturated carbocycles. The van der Waals surface area contributed by atoms with E-state index >= 15 is 0 Å². The fourth-order valence-electron chi connectivity index (χ4n) is 2.50. The van der Waals surface area contributed by atoms with E-state index in [9.17, 15) is 18.0 Å². The molecular weight excluding hydrogens is 364 g/mol. The summed E-state index contributed by atoms with van der Waals surface area (Å²) in [5.41, 5.74) is 0.818. The number of hydrogen-bond donors (Lipinski definition) is 3. The summed E-state index contributed by atoms with van der Waals surface area (Å²) in [6.45, 7) is 7.19. The summed E-state index contributed by atoms with van der Waals surface area (Å²) in [5, 5.41) is 11.3. The van der Waals surface area contributed by atoms with E-state index in [-0.39, 0.29) is 25.7 Å². The fraction of sp³-hybridized carbons (Fsp3) is 0.867. The number of carbonyl (C=O) groups is 2. The van der Waals surface area contributed by atoms with E-state index in [1.807, 2.05) is 6.92 Å². The first-order valence-corrected chi connectivity index (χ1v) is 10.1. The van der Waals surface area contributed by atoms with Gasteiger partial charge in [0, 0.05) is 25.7 Å². The molecule has 26 heavy (non-hydrogen) atoms. The molecule has 1 aliphatic heterocycles. The van der Waals surface area contributed by atoms with Crippen LogP contribution in [0.3, 0.4) is 0 Å². The van der Waals surface area contributed by atoms with Gasteiger partial charge in [0.1, 0.15) is 5.60 Å². The number of hydrogen-bond acceptors (Lipinski definition) is 6. The molecule has 0 bridgehead atoms. The lowest BCUT2D eigenvalue weighted by Crippen LogP contribution is -2.48. The third kappa shape index (κ3) is 7.06. The van der Waals surface area contributed by atoms with Gasteiger partial charge in [-0.2, -0.15) is 17.0 Å². The number of unbranched alkanes of at least 4 members (excludes halogenated alkanes) is 1. The summed E-state index contributed by atoms with van der Waals surface area (Å²) in [5.74, 6) is -0.799. The highest BCUT2D eigenvalue weighted by atomic mass is 32.2. The van der Waals surface area contributed by atoms with Gasteiger partial charge in [-0.05, 0) is 33.6 Å². The van der Waals surface area contributed by atoms with E-state index in [1.54, 1.807) is 20.8 Å². The number of nitrogens with one attached hydrogen (secondary N) is 2. The first-order valence-electron chi connectivity index (χ1n) is 8.67. The van der Waals surface area contributed by atoms with Gasteiger partial charge in [-0.3, -0.25) is 10.0 Å². The van der Waals surface area contributed by atoms with E-state index in [0.717, 1.165) is 10.7 Å². The maximum atomic E-state index is 12.8. The van der Waals surface area contributed by atoms with Crippen molar-refractivity contribution in [2.45, 2.75) is 58.6 Å². The topological polar surface area (TPSA) is 128 Å². The van der Waals surface area contributed by atoms with Gasteiger partial charge in [-0.1, -0.05) is 13.3 Å². The highest BCUT2D eigenvalue weighted by Gasteiger charge is 2.37. The molecule has 0 aliphatic carbocycles. The third-order valence-corrected chi connectivity index (χ3v) is 5.68. The predicted octanol–water partition coefficient (Wildman–Crippen LogP) is 0.438. The summed E-state index contributed by atoms with van der Waals surface area (Å²) in [6, 6.07) is -0.362. The minimum absolute atomic E-state index is 0.102. The molecule has 0 spiro atoms. The maximum Gasteiger partial charge on any atom is 0.407 e. The van der Waals surface area contributed by atoms with Crippen molar-refractivity contribution in [1.29, 1.82) is 0 Å². The Morgan fingerprint density at radius 2 is 2.00 bits per heavy atom. The van der Waals surface area contributed by atoms with Gasteiger partial charge in [0.15, 0.2) is 0 Å². The summed E-state index contributed by atoms with van der Waals surface area (Å²) < 4.78 is 33.0. The standard InChI is InChI=1S/C15H30N4O6S/c1-5-6-8-18(11-13(20)17-22)26(23,24)19-9-7-12(10-19)16-14(21)25-15(2,3)4/h12,22H,5-11H2,1-4H3,(H,16,21)(H,17,20). The van der Waals surface area contributed by atoms with Crippen LogP contribution < -0.4 is 10.8 Å². The number of rotatable bonds is 8. The summed E-state index contributed by atoms with van der Waals surface area (Å²) in [7, 11) is -3.88. The maximum absolute atomic E-state index is 12.8. The molecule has 1 rings (SSSR count). The minimum atomic E-state index is -3.88. The number of hydroxylamine groups is 1. The quantitative estimate of drug-likeness (QED) is 0.405. The molecule has 1 aliphatic rings. The zero-order valence-corrected chi connectivity index (χ0v) is 16.6. The smallest absolute Gasteiger partial charge is 0.407 e. The summed E-state index contributed by atoms with van der Waals surface area (Å²) >= 11 is 0. The molecule has 1 heterocycles. The fourth-order valence-corrected chi connectivity index (χ4v) is 4.17.